The number of nitrogen functional groups attached to an aromatic ring is 2. The number of phenols is 1. The van der Waals surface area contributed by atoms with Crippen LogP contribution in [0.3, 0.4) is 0 Å². The van der Waals surface area contributed by atoms with Crippen molar-refractivity contribution in [3.63, 3.8) is 0 Å². The van der Waals surface area contributed by atoms with E-state index in [1.165, 1.54) is 0 Å². The Bertz CT molecular complexity index is 378. The number of carbonyl (C=O) groups is 1. The van der Waals surface area contributed by atoms with Crippen LogP contribution in [0.4, 0.5) is 11.4 Å². The van der Waals surface area contributed by atoms with E-state index < -0.39 is 11.7 Å². The molecule has 0 atom stereocenters. The number of aromatic carboxylic acids is 1. The van der Waals surface area contributed by atoms with Crippen LogP contribution >= 0.6 is 11.6 Å². The van der Waals surface area contributed by atoms with Crippen LogP contribution in [0.25, 0.3) is 0 Å². The van der Waals surface area contributed by atoms with E-state index in [4.69, 9.17) is 28.2 Å². The molecule has 0 bridgehead atoms. The predicted molar refractivity (Wildman–Crippen MR) is 48.9 cm³/mol. The molecule has 70 valence electrons. The zero-order valence-electron chi connectivity index (χ0n) is 6.41. The fourth-order valence-corrected chi connectivity index (χ4v) is 1.05. The lowest BCUT2D eigenvalue weighted by atomic mass is 10.1. The predicted octanol–water partition coefficient (Wildman–Crippen LogP) is 0.908. The van der Waals surface area contributed by atoms with Crippen molar-refractivity contribution in [2.75, 3.05) is 11.5 Å². The van der Waals surface area contributed by atoms with Gasteiger partial charge in [0, 0.05) is 0 Å². The van der Waals surface area contributed by atoms with Crippen LogP contribution in [0.2, 0.25) is 5.02 Å². The third kappa shape index (κ3) is 1.46. The van der Waals surface area contributed by atoms with E-state index in [1.54, 1.807) is 0 Å². The maximum absolute atomic E-state index is 10.5. The van der Waals surface area contributed by atoms with E-state index in [0.717, 1.165) is 6.07 Å². The first-order chi connectivity index (χ1) is 5.95. The Balaban J connectivity index is 3.50. The van der Waals surface area contributed by atoms with Crippen molar-refractivity contribution in [3.05, 3.63) is 16.7 Å². The Morgan fingerprint density at radius 1 is 1.38 bits per heavy atom. The van der Waals surface area contributed by atoms with Gasteiger partial charge < -0.3 is 21.7 Å². The van der Waals surface area contributed by atoms with Gasteiger partial charge in [-0.15, -0.1) is 0 Å². The van der Waals surface area contributed by atoms with Crippen molar-refractivity contribution >= 4 is 28.9 Å². The third-order valence-electron chi connectivity index (χ3n) is 1.56. The molecule has 0 spiro atoms. The fourth-order valence-electron chi connectivity index (χ4n) is 0.837. The molecule has 1 rings (SSSR count). The van der Waals surface area contributed by atoms with Gasteiger partial charge in [-0.1, -0.05) is 11.6 Å². The molecule has 6 heteroatoms. The van der Waals surface area contributed by atoms with E-state index in [1.807, 2.05) is 0 Å². The molecule has 0 heterocycles. The van der Waals surface area contributed by atoms with E-state index in [-0.39, 0.29) is 22.0 Å². The van der Waals surface area contributed by atoms with Gasteiger partial charge in [-0.05, 0) is 6.07 Å². The van der Waals surface area contributed by atoms with Gasteiger partial charge in [-0.25, -0.2) is 4.79 Å². The normalized spacial score (nSPS) is 9.92. The minimum Gasteiger partial charge on any atom is -0.505 e. The largest absolute Gasteiger partial charge is 0.505 e. The second kappa shape index (κ2) is 3.02. The summed E-state index contributed by atoms with van der Waals surface area (Å²) in [5, 5.41) is 17.8. The number of halogens is 1. The number of carboxylic acids is 1. The molecule has 5 nitrogen and oxygen atoms in total. The van der Waals surface area contributed by atoms with Gasteiger partial charge in [0.2, 0.25) is 0 Å². The lowest BCUT2D eigenvalue weighted by molar-refractivity contribution is 0.0694. The van der Waals surface area contributed by atoms with E-state index in [0.29, 0.717) is 0 Å². The van der Waals surface area contributed by atoms with Crippen LogP contribution in [0.1, 0.15) is 10.4 Å². The van der Waals surface area contributed by atoms with Gasteiger partial charge in [-0.2, -0.15) is 0 Å². The summed E-state index contributed by atoms with van der Waals surface area (Å²) in [7, 11) is 0. The fraction of sp³-hybridized carbons (Fsp3) is 0. The van der Waals surface area contributed by atoms with Crippen molar-refractivity contribution in [2.45, 2.75) is 0 Å². The lowest BCUT2D eigenvalue weighted by Gasteiger charge is -2.07. The van der Waals surface area contributed by atoms with Gasteiger partial charge in [0.1, 0.15) is 5.56 Å². The van der Waals surface area contributed by atoms with Gasteiger partial charge in [-0.3, -0.25) is 0 Å². The molecule has 1 aromatic carbocycles. The number of hydrogen-bond donors (Lipinski definition) is 4. The SMILES string of the molecule is Nc1c(Cl)cc(C(=O)O)c(O)c1N. The van der Waals surface area contributed by atoms with Crippen LogP contribution < -0.4 is 11.5 Å². The highest BCUT2D eigenvalue weighted by Crippen LogP contribution is 2.36. The van der Waals surface area contributed by atoms with Crippen molar-refractivity contribution in [1.82, 2.24) is 0 Å². The Labute approximate surface area is 78.5 Å². The van der Waals surface area contributed by atoms with Gasteiger partial charge in [0.25, 0.3) is 0 Å². The number of rotatable bonds is 1. The maximum atomic E-state index is 10.5. The van der Waals surface area contributed by atoms with Crippen molar-refractivity contribution in [2.24, 2.45) is 0 Å². The molecule has 0 saturated heterocycles. The summed E-state index contributed by atoms with van der Waals surface area (Å²) in [5.41, 5.74) is 10.0. The third-order valence-corrected chi connectivity index (χ3v) is 1.87. The van der Waals surface area contributed by atoms with E-state index in [2.05, 4.69) is 0 Å². The molecule has 13 heavy (non-hydrogen) atoms. The van der Waals surface area contributed by atoms with Crippen LogP contribution in [-0.4, -0.2) is 16.2 Å². The molecule has 0 radical (unpaired) electrons. The molecule has 0 aromatic heterocycles. The van der Waals surface area contributed by atoms with Gasteiger partial charge in [0.15, 0.2) is 5.75 Å². The highest BCUT2D eigenvalue weighted by atomic mass is 35.5. The molecule has 0 fully saturated rings. The highest BCUT2D eigenvalue weighted by molar-refractivity contribution is 6.34. The van der Waals surface area contributed by atoms with Crippen LogP contribution in [-0.2, 0) is 0 Å². The van der Waals surface area contributed by atoms with Crippen molar-refractivity contribution < 1.29 is 15.0 Å². The minimum atomic E-state index is -1.31. The van der Waals surface area contributed by atoms with Crippen molar-refractivity contribution in [3.8, 4) is 5.75 Å². The zero-order chi connectivity index (χ0) is 10.2. The molecule has 0 amide bonds. The molecule has 0 saturated carbocycles. The molecule has 0 aliphatic rings. The van der Waals surface area contributed by atoms with Crippen molar-refractivity contribution in [1.29, 1.82) is 0 Å². The Kier molecular flexibility index (Phi) is 2.20. The molecular formula is C7H7ClN2O3. The maximum Gasteiger partial charge on any atom is 0.339 e. The summed E-state index contributed by atoms with van der Waals surface area (Å²) in [6.45, 7) is 0. The summed E-state index contributed by atoms with van der Waals surface area (Å²) in [5.74, 6) is -1.87. The smallest absolute Gasteiger partial charge is 0.339 e. The average Bonchev–Trinajstić information content (AvgIpc) is 2.07. The zero-order valence-corrected chi connectivity index (χ0v) is 7.17. The molecule has 0 aliphatic carbocycles. The number of hydrogen-bond acceptors (Lipinski definition) is 4. The van der Waals surface area contributed by atoms with Gasteiger partial charge >= 0.3 is 5.97 Å². The summed E-state index contributed by atoms with van der Waals surface area (Å²) in [6.07, 6.45) is 0. The summed E-state index contributed by atoms with van der Waals surface area (Å²) in [4.78, 5) is 10.5. The Morgan fingerprint density at radius 2 is 1.92 bits per heavy atom. The number of benzene rings is 1. The Morgan fingerprint density at radius 3 is 2.38 bits per heavy atom. The standard InChI is InChI=1S/C7H7ClN2O3/c8-3-1-2(7(12)13)6(11)5(10)4(3)9/h1,11H,9-10H2,(H,12,13). The van der Waals surface area contributed by atoms with Gasteiger partial charge in [0.05, 0.1) is 16.4 Å². The second-order valence-corrected chi connectivity index (χ2v) is 2.79. The lowest BCUT2D eigenvalue weighted by Crippen LogP contribution is -2.03. The summed E-state index contributed by atoms with van der Waals surface area (Å²) in [6, 6.07) is 1.05. The Hall–Kier alpha value is -1.62. The number of anilines is 2. The molecule has 6 N–H and O–H groups in total. The molecule has 0 unspecified atom stereocenters. The average molecular weight is 203 g/mol. The quantitative estimate of drug-likeness (QED) is 0.400. The van der Waals surface area contributed by atoms with E-state index in [9.17, 15) is 9.90 Å². The highest BCUT2D eigenvalue weighted by Gasteiger charge is 2.16. The monoisotopic (exact) mass is 202 g/mol. The number of carboxylic acid groups (broad SMARTS) is 1. The molecule has 0 aliphatic heterocycles. The minimum absolute atomic E-state index is 0.00713. The first kappa shape index (κ1) is 9.47. The topological polar surface area (TPSA) is 110 Å². The first-order valence-electron chi connectivity index (χ1n) is 3.25. The molecular weight excluding hydrogens is 196 g/mol. The number of nitrogens with two attached hydrogens (primary N) is 2. The van der Waals surface area contributed by atoms with Crippen LogP contribution in [0.5, 0.6) is 5.75 Å². The second-order valence-electron chi connectivity index (χ2n) is 2.39. The van der Waals surface area contributed by atoms with E-state index >= 15 is 0 Å². The first-order valence-corrected chi connectivity index (χ1v) is 3.62. The summed E-state index contributed by atoms with van der Waals surface area (Å²) >= 11 is 5.56. The van der Waals surface area contributed by atoms with Crippen LogP contribution in [0, 0.1) is 0 Å². The van der Waals surface area contributed by atoms with Crippen LogP contribution in [0.15, 0.2) is 6.07 Å². The molecule has 1 aromatic rings. The summed E-state index contributed by atoms with van der Waals surface area (Å²) < 4.78 is 0. The number of aromatic hydroxyl groups is 1.